The Kier molecular flexibility index (Phi) is 8.13. The lowest BCUT2D eigenvalue weighted by atomic mass is 9.67. The van der Waals surface area contributed by atoms with Gasteiger partial charge in [0, 0.05) is 40.9 Å². The van der Waals surface area contributed by atoms with Gasteiger partial charge in [-0.3, -0.25) is 19.7 Å². The van der Waals surface area contributed by atoms with Crippen LogP contribution in [-0.2, 0) is 23.9 Å². The Morgan fingerprint density at radius 2 is 1.74 bits per heavy atom. The highest BCUT2D eigenvalue weighted by Gasteiger charge is 2.49. The van der Waals surface area contributed by atoms with Crippen LogP contribution in [0.5, 0.6) is 5.75 Å². The molecule has 0 saturated carbocycles. The zero-order valence-electron chi connectivity index (χ0n) is 22.2. The molecule has 2 aromatic carbocycles. The van der Waals surface area contributed by atoms with Gasteiger partial charge in [-0.05, 0) is 50.5 Å². The van der Waals surface area contributed by atoms with Crippen LogP contribution in [0.2, 0.25) is 0 Å². The molecule has 0 radical (unpaired) electrons. The lowest BCUT2D eigenvalue weighted by Gasteiger charge is -2.39. The summed E-state index contributed by atoms with van der Waals surface area (Å²) in [5.74, 6) is -4.00. The van der Waals surface area contributed by atoms with E-state index in [0.29, 0.717) is 22.7 Å². The summed E-state index contributed by atoms with van der Waals surface area (Å²) in [5.41, 5.74) is 2.27. The highest BCUT2D eigenvalue weighted by Crippen LogP contribution is 2.48. The van der Waals surface area contributed by atoms with Gasteiger partial charge in [0.05, 0.1) is 30.8 Å². The number of allylic oxidation sites excluding steroid dienone is 3. The number of ether oxygens (including phenoxy) is 3. The number of ketones is 1. The van der Waals surface area contributed by atoms with E-state index in [-0.39, 0.29) is 36.5 Å². The van der Waals surface area contributed by atoms with E-state index in [4.69, 9.17) is 14.2 Å². The number of rotatable bonds is 8. The second-order valence-corrected chi connectivity index (χ2v) is 9.24. The molecule has 2 aliphatic rings. The SMILES string of the molecule is CCOC(=O)C1=C(C)NC2=C(C(=O)[C@H](C(=O)OCC)[C@H](c3cccc(OC)c3)C2)[C@@H]1c1cccc([N+](=O)[O-])c1. The van der Waals surface area contributed by atoms with E-state index in [2.05, 4.69) is 5.32 Å². The summed E-state index contributed by atoms with van der Waals surface area (Å²) in [5, 5.41) is 14.8. The molecule has 4 rings (SSSR count). The first-order valence-corrected chi connectivity index (χ1v) is 12.7. The quantitative estimate of drug-likeness (QED) is 0.227. The zero-order chi connectivity index (χ0) is 28.3. The first-order valence-electron chi connectivity index (χ1n) is 12.7. The van der Waals surface area contributed by atoms with E-state index in [1.54, 1.807) is 45.0 Å². The molecule has 10 heteroatoms. The fourth-order valence-corrected chi connectivity index (χ4v) is 5.35. The average Bonchev–Trinajstić information content (AvgIpc) is 2.92. The summed E-state index contributed by atoms with van der Waals surface area (Å²) < 4.78 is 16.0. The van der Waals surface area contributed by atoms with Gasteiger partial charge < -0.3 is 19.5 Å². The average molecular weight is 535 g/mol. The van der Waals surface area contributed by atoms with E-state index in [9.17, 15) is 24.5 Å². The summed E-state index contributed by atoms with van der Waals surface area (Å²) in [6, 6.07) is 13.0. The Balaban J connectivity index is 1.93. The fraction of sp³-hybridized carbons (Fsp3) is 0.345. The van der Waals surface area contributed by atoms with E-state index in [0.717, 1.165) is 5.56 Å². The molecule has 0 amide bonds. The number of nitro groups is 1. The van der Waals surface area contributed by atoms with Crippen LogP contribution in [0.1, 0.15) is 50.2 Å². The van der Waals surface area contributed by atoms with E-state index in [1.165, 1.54) is 25.3 Å². The third-order valence-corrected chi connectivity index (χ3v) is 6.99. The molecule has 1 aliphatic carbocycles. The number of nitro benzene ring substituents is 1. The molecule has 0 unspecified atom stereocenters. The first kappa shape index (κ1) is 27.6. The number of non-ortho nitro benzene ring substituents is 1. The number of benzene rings is 2. The maximum atomic E-state index is 14.3. The van der Waals surface area contributed by atoms with Crippen molar-refractivity contribution >= 4 is 23.4 Å². The lowest BCUT2D eigenvalue weighted by molar-refractivity contribution is -0.384. The number of hydrogen-bond acceptors (Lipinski definition) is 9. The molecule has 1 N–H and O–H groups in total. The number of methoxy groups -OCH3 is 1. The summed E-state index contributed by atoms with van der Waals surface area (Å²) >= 11 is 0. The number of hydrogen-bond donors (Lipinski definition) is 1. The van der Waals surface area contributed by atoms with Crippen molar-refractivity contribution in [3.8, 4) is 5.75 Å². The van der Waals surface area contributed by atoms with Gasteiger partial charge in [-0.2, -0.15) is 0 Å². The van der Waals surface area contributed by atoms with Gasteiger partial charge in [-0.1, -0.05) is 24.3 Å². The molecule has 0 bridgehead atoms. The molecule has 204 valence electrons. The minimum atomic E-state index is -1.19. The third-order valence-electron chi connectivity index (χ3n) is 6.99. The maximum Gasteiger partial charge on any atom is 0.336 e. The third kappa shape index (κ3) is 5.27. The Morgan fingerprint density at radius 3 is 2.41 bits per heavy atom. The Labute approximate surface area is 225 Å². The summed E-state index contributed by atoms with van der Waals surface area (Å²) in [4.78, 5) is 51.8. The summed E-state index contributed by atoms with van der Waals surface area (Å²) in [7, 11) is 1.53. The second-order valence-electron chi connectivity index (χ2n) is 9.24. The topological polar surface area (TPSA) is 134 Å². The minimum Gasteiger partial charge on any atom is -0.497 e. The zero-order valence-corrected chi connectivity index (χ0v) is 22.2. The highest BCUT2D eigenvalue weighted by molar-refractivity contribution is 6.13. The van der Waals surface area contributed by atoms with Gasteiger partial charge in [0.25, 0.3) is 5.69 Å². The summed E-state index contributed by atoms with van der Waals surface area (Å²) in [6.45, 7) is 5.20. The van der Waals surface area contributed by atoms with Crippen molar-refractivity contribution in [1.82, 2.24) is 5.32 Å². The van der Waals surface area contributed by atoms with Crippen molar-refractivity contribution in [2.24, 2.45) is 5.92 Å². The number of nitrogens with zero attached hydrogens (tertiary/aromatic N) is 1. The van der Waals surface area contributed by atoms with Crippen LogP contribution in [0.15, 0.2) is 71.1 Å². The van der Waals surface area contributed by atoms with Crippen LogP contribution >= 0.6 is 0 Å². The predicted octanol–water partition coefficient (Wildman–Crippen LogP) is 4.32. The second kappa shape index (κ2) is 11.5. The predicted molar refractivity (Wildman–Crippen MR) is 141 cm³/mol. The number of dihydropyridines is 1. The monoisotopic (exact) mass is 534 g/mol. The molecule has 0 fully saturated rings. The molecular formula is C29H30N2O8. The molecule has 0 aromatic heterocycles. The number of carbonyl (C=O) groups is 3. The van der Waals surface area contributed by atoms with E-state index in [1.807, 2.05) is 6.07 Å². The van der Waals surface area contributed by atoms with E-state index >= 15 is 0 Å². The molecular weight excluding hydrogens is 504 g/mol. The van der Waals surface area contributed by atoms with Crippen LogP contribution in [0.3, 0.4) is 0 Å². The fourth-order valence-electron chi connectivity index (χ4n) is 5.35. The smallest absolute Gasteiger partial charge is 0.336 e. The standard InChI is InChI=1S/C29H30N2O8/c1-5-38-28(33)23-16(3)30-22-15-21(17-9-8-12-20(14-17)37-4)25(29(34)39-6-2)27(32)26(22)24(23)18-10-7-11-19(13-18)31(35)36/h7-14,21,24-25,30H,5-6,15H2,1-4H3/t21-,24+,25+/m0/s1. The summed E-state index contributed by atoms with van der Waals surface area (Å²) in [6.07, 6.45) is 0.261. The van der Waals surface area contributed by atoms with E-state index < -0.39 is 40.4 Å². The first-order chi connectivity index (χ1) is 18.7. The van der Waals surface area contributed by atoms with Gasteiger partial charge in [0.15, 0.2) is 5.78 Å². The van der Waals surface area contributed by atoms with Crippen molar-refractivity contribution in [2.45, 2.75) is 39.0 Å². The van der Waals surface area contributed by atoms with Crippen LogP contribution in [0.4, 0.5) is 5.69 Å². The maximum absolute atomic E-state index is 14.3. The Bertz CT molecular complexity index is 1390. The molecule has 3 atom stereocenters. The molecule has 0 spiro atoms. The number of carbonyl (C=O) groups excluding carboxylic acids is 3. The number of esters is 2. The molecule has 2 aromatic rings. The van der Waals surface area contributed by atoms with Crippen molar-refractivity contribution in [3.05, 3.63) is 92.3 Å². The number of Topliss-reactive ketones (excluding diaryl/α,β-unsaturated/α-hetero) is 1. The Morgan fingerprint density at radius 1 is 1.05 bits per heavy atom. The van der Waals surface area contributed by atoms with Crippen molar-refractivity contribution in [1.29, 1.82) is 0 Å². The minimum absolute atomic E-state index is 0.0823. The van der Waals surface area contributed by atoms with Crippen LogP contribution < -0.4 is 10.1 Å². The lowest BCUT2D eigenvalue weighted by Crippen LogP contribution is -2.43. The van der Waals surface area contributed by atoms with Gasteiger partial charge in [0.1, 0.15) is 11.7 Å². The molecule has 1 heterocycles. The molecule has 39 heavy (non-hydrogen) atoms. The van der Waals surface area contributed by atoms with Crippen molar-refractivity contribution < 1.29 is 33.5 Å². The molecule has 0 saturated heterocycles. The van der Waals surface area contributed by atoms with Crippen LogP contribution in [0, 0.1) is 16.0 Å². The van der Waals surface area contributed by atoms with Crippen LogP contribution in [0.25, 0.3) is 0 Å². The Hall–Kier alpha value is -4.47. The van der Waals surface area contributed by atoms with Crippen molar-refractivity contribution in [2.75, 3.05) is 20.3 Å². The van der Waals surface area contributed by atoms with Gasteiger partial charge in [-0.25, -0.2) is 4.79 Å². The molecule has 1 aliphatic heterocycles. The molecule has 10 nitrogen and oxygen atoms in total. The van der Waals surface area contributed by atoms with Crippen molar-refractivity contribution in [3.63, 3.8) is 0 Å². The van der Waals surface area contributed by atoms with Gasteiger partial charge in [-0.15, -0.1) is 0 Å². The highest BCUT2D eigenvalue weighted by atomic mass is 16.6. The van der Waals surface area contributed by atoms with Crippen LogP contribution in [-0.4, -0.2) is 43.0 Å². The number of nitrogens with one attached hydrogen (secondary N) is 1. The van der Waals surface area contributed by atoms with Gasteiger partial charge >= 0.3 is 11.9 Å². The van der Waals surface area contributed by atoms with Gasteiger partial charge in [0.2, 0.25) is 0 Å². The largest absolute Gasteiger partial charge is 0.497 e. The normalized spacial score (nSPS) is 20.6.